The molecular weight excluding hydrogens is 384 g/mol. The molecule has 0 saturated carbocycles. The van der Waals surface area contributed by atoms with Gasteiger partial charge < -0.3 is 14.5 Å². The first-order chi connectivity index (χ1) is 14.5. The summed E-state index contributed by atoms with van der Waals surface area (Å²) < 4.78 is 1.55. The molecule has 1 N–H and O–H groups in total. The molecule has 1 saturated heterocycles. The van der Waals surface area contributed by atoms with Gasteiger partial charge in [0.2, 0.25) is 5.91 Å². The van der Waals surface area contributed by atoms with E-state index in [-0.39, 0.29) is 23.4 Å². The maximum Gasteiger partial charge on any atom is 0.334 e. The van der Waals surface area contributed by atoms with E-state index in [4.69, 9.17) is 0 Å². The van der Waals surface area contributed by atoms with Gasteiger partial charge in [0.1, 0.15) is 0 Å². The Bertz CT molecular complexity index is 1210. The largest absolute Gasteiger partial charge is 0.361 e. The highest BCUT2D eigenvalue weighted by Gasteiger charge is 2.37. The molecule has 154 valence electrons. The summed E-state index contributed by atoms with van der Waals surface area (Å²) >= 11 is 0. The first-order valence-electron chi connectivity index (χ1n) is 10.2. The number of carbonyl (C=O) groups is 1. The minimum atomic E-state index is -0.624. The Morgan fingerprint density at radius 1 is 1.17 bits per heavy atom. The van der Waals surface area contributed by atoms with Crippen LogP contribution in [0.5, 0.6) is 0 Å². The molecule has 1 amide bonds. The summed E-state index contributed by atoms with van der Waals surface area (Å²) in [5, 5.41) is 12.2. The van der Waals surface area contributed by atoms with Crippen LogP contribution in [0.25, 0.3) is 10.9 Å². The van der Waals surface area contributed by atoms with Gasteiger partial charge in [-0.1, -0.05) is 18.2 Å². The van der Waals surface area contributed by atoms with Gasteiger partial charge in [-0.05, 0) is 36.5 Å². The van der Waals surface area contributed by atoms with E-state index in [2.05, 4.69) is 11.1 Å². The Morgan fingerprint density at radius 3 is 2.83 bits per heavy atom. The molecule has 4 heterocycles. The number of pyridine rings is 1. The lowest BCUT2D eigenvalue weighted by Gasteiger charge is -2.42. The lowest BCUT2D eigenvalue weighted by atomic mass is 9.83. The van der Waals surface area contributed by atoms with E-state index in [1.807, 2.05) is 29.3 Å². The van der Waals surface area contributed by atoms with Gasteiger partial charge in [0.25, 0.3) is 0 Å². The van der Waals surface area contributed by atoms with Gasteiger partial charge in [0.15, 0.2) is 0 Å². The third-order valence-corrected chi connectivity index (χ3v) is 6.42. The number of aromatic amines is 1. The minimum absolute atomic E-state index is 0.0445. The smallest absolute Gasteiger partial charge is 0.334 e. The summed E-state index contributed by atoms with van der Waals surface area (Å²) in [5.74, 6) is 0.309. The number of likely N-dealkylation sites (tertiary alicyclic amines) is 1. The summed E-state index contributed by atoms with van der Waals surface area (Å²) in [4.78, 5) is 41.0. The number of nitrogens with one attached hydrogen (secondary N) is 1. The summed E-state index contributed by atoms with van der Waals surface area (Å²) in [7, 11) is 0. The van der Waals surface area contributed by atoms with Crippen LogP contribution in [0.3, 0.4) is 0 Å². The highest BCUT2D eigenvalue weighted by atomic mass is 16.6. The quantitative estimate of drug-likeness (QED) is 0.532. The molecule has 2 unspecified atom stereocenters. The highest BCUT2D eigenvalue weighted by molar-refractivity contribution is 5.84. The number of rotatable bonds is 4. The Hall–Kier alpha value is -3.42. The van der Waals surface area contributed by atoms with Crippen LogP contribution in [0, 0.1) is 16.0 Å². The number of aromatic nitrogens is 2. The summed E-state index contributed by atoms with van der Waals surface area (Å²) in [5.41, 5.74) is 2.09. The third kappa shape index (κ3) is 3.08. The van der Waals surface area contributed by atoms with E-state index in [1.54, 1.807) is 10.6 Å². The Balaban J connectivity index is 1.31. The molecule has 1 aromatic carbocycles. The van der Waals surface area contributed by atoms with E-state index < -0.39 is 10.5 Å². The second-order valence-corrected chi connectivity index (χ2v) is 8.27. The Labute approximate surface area is 172 Å². The monoisotopic (exact) mass is 406 g/mol. The van der Waals surface area contributed by atoms with E-state index in [1.165, 1.54) is 6.07 Å². The molecule has 1 fully saturated rings. The lowest BCUT2D eigenvalue weighted by Crippen LogP contribution is -2.49. The van der Waals surface area contributed by atoms with Crippen LogP contribution in [0.1, 0.15) is 30.0 Å². The van der Waals surface area contributed by atoms with Gasteiger partial charge in [-0.2, -0.15) is 0 Å². The van der Waals surface area contributed by atoms with Crippen molar-refractivity contribution < 1.29 is 9.72 Å². The molecule has 2 bridgehead atoms. The van der Waals surface area contributed by atoms with Crippen molar-refractivity contribution in [3.63, 3.8) is 0 Å². The van der Waals surface area contributed by atoms with Crippen LogP contribution in [-0.4, -0.2) is 38.4 Å². The average molecular weight is 406 g/mol. The maximum atomic E-state index is 12.9. The fraction of sp³-hybridized carbons (Fsp3) is 0.364. The zero-order valence-corrected chi connectivity index (χ0v) is 16.4. The van der Waals surface area contributed by atoms with E-state index >= 15 is 0 Å². The number of H-pyrrole nitrogens is 1. The zero-order chi connectivity index (χ0) is 20.8. The topological polar surface area (TPSA) is 101 Å². The first-order valence-corrected chi connectivity index (χ1v) is 10.2. The molecule has 2 aromatic heterocycles. The van der Waals surface area contributed by atoms with Gasteiger partial charge in [-0.25, -0.2) is 0 Å². The van der Waals surface area contributed by atoms with Crippen molar-refractivity contribution in [1.82, 2.24) is 14.5 Å². The molecule has 2 aliphatic rings. The number of hydrogen-bond acceptors (Lipinski definition) is 4. The fourth-order valence-electron chi connectivity index (χ4n) is 5.02. The normalized spacial score (nSPS) is 20.2. The second kappa shape index (κ2) is 7.12. The van der Waals surface area contributed by atoms with Crippen LogP contribution in [0.15, 0.2) is 47.4 Å². The Kier molecular flexibility index (Phi) is 4.42. The molecule has 3 aromatic rings. The molecule has 2 atom stereocenters. The molecule has 0 spiro atoms. The molecule has 0 radical (unpaired) electrons. The van der Waals surface area contributed by atoms with Gasteiger partial charge in [-0.15, -0.1) is 0 Å². The van der Waals surface area contributed by atoms with Crippen molar-refractivity contribution in [2.24, 2.45) is 5.92 Å². The predicted molar refractivity (Wildman–Crippen MR) is 111 cm³/mol. The fourth-order valence-corrected chi connectivity index (χ4v) is 5.02. The van der Waals surface area contributed by atoms with Gasteiger partial charge in [0.05, 0.1) is 4.92 Å². The second-order valence-electron chi connectivity index (χ2n) is 8.27. The number of piperidine rings is 1. The van der Waals surface area contributed by atoms with Crippen molar-refractivity contribution in [3.8, 4) is 0 Å². The third-order valence-electron chi connectivity index (χ3n) is 6.42. The minimum Gasteiger partial charge on any atom is -0.361 e. The molecule has 5 rings (SSSR count). The van der Waals surface area contributed by atoms with Gasteiger partial charge in [0, 0.05) is 60.8 Å². The van der Waals surface area contributed by atoms with E-state index in [0.717, 1.165) is 28.6 Å². The van der Waals surface area contributed by atoms with Crippen LogP contribution in [0.4, 0.5) is 5.69 Å². The van der Waals surface area contributed by atoms with Gasteiger partial charge >= 0.3 is 11.2 Å². The molecule has 8 nitrogen and oxygen atoms in total. The molecular formula is C22H22N4O4. The SMILES string of the molecule is O=C(CCc1c[nH]c2ccccc12)N1CC2CC(C1)c1ccc([N+](=O)[O-])c(=O)n1C2. The number of hydrogen-bond donors (Lipinski definition) is 1. The number of para-hydroxylation sites is 1. The van der Waals surface area contributed by atoms with Crippen LogP contribution >= 0.6 is 0 Å². The maximum absolute atomic E-state index is 12.9. The van der Waals surface area contributed by atoms with E-state index in [9.17, 15) is 19.7 Å². The standard InChI is InChI=1S/C22H22N4O4/c27-21(8-5-15-10-23-18-4-2-1-3-17(15)18)24-11-14-9-16(13-24)19-6-7-20(26(29)30)22(28)25(19)12-14/h1-4,6-7,10,14,16,23H,5,8-9,11-13H2. The first kappa shape index (κ1) is 18.6. The van der Waals surface area contributed by atoms with Crippen molar-refractivity contribution in [1.29, 1.82) is 0 Å². The predicted octanol–water partition coefficient (Wildman–Crippen LogP) is 2.82. The Morgan fingerprint density at radius 2 is 2.00 bits per heavy atom. The number of nitro groups is 1. The van der Waals surface area contributed by atoms with Crippen molar-refractivity contribution in [2.75, 3.05) is 13.1 Å². The zero-order valence-electron chi connectivity index (χ0n) is 16.4. The van der Waals surface area contributed by atoms with Crippen LogP contribution < -0.4 is 5.56 Å². The van der Waals surface area contributed by atoms with Crippen molar-refractivity contribution >= 4 is 22.5 Å². The summed E-state index contributed by atoms with van der Waals surface area (Å²) in [6, 6.07) is 11.0. The summed E-state index contributed by atoms with van der Waals surface area (Å²) in [6.45, 7) is 1.58. The number of amides is 1. The molecule has 2 aliphatic heterocycles. The number of carbonyl (C=O) groups excluding carboxylic acids is 1. The van der Waals surface area contributed by atoms with Crippen LogP contribution in [-0.2, 0) is 17.8 Å². The average Bonchev–Trinajstić information content (AvgIpc) is 3.15. The summed E-state index contributed by atoms with van der Waals surface area (Å²) in [6.07, 6.45) is 3.99. The van der Waals surface area contributed by atoms with Crippen LogP contribution in [0.2, 0.25) is 0 Å². The molecule has 8 heteroatoms. The number of benzene rings is 1. The lowest BCUT2D eigenvalue weighted by molar-refractivity contribution is -0.386. The number of nitrogens with zero attached hydrogens (tertiary/aromatic N) is 3. The van der Waals surface area contributed by atoms with Crippen molar-refractivity contribution in [2.45, 2.75) is 31.7 Å². The number of fused-ring (bicyclic) bond motifs is 5. The number of aryl methyl sites for hydroxylation is 1. The van der Waals surface area contributed by atoms with Gasteiger partial charge in [-0.3, -0.25) is 19.7 Å². The molecule has 30 heavy (non-hydrogen) atoms. The van der Waals surface area contributed by atoms with E-state index in [0.29, 0.717) is 32.5 Å². The van der Waals surface area contributed by atoms with Crippen molar-refractivity contribution in [3.05, 3.63) is 74.3 Å². The highest BCUT2D eigenvalue weighted by Crippen LogP contribution is 2.36. The molecule has 0 aliphatic carbocycles.